The van der Waals surface area contributed by atoms with Crippen LogP contribution in [0.4, 0.5) is 11.5 Å². The molecule has 0 unspecified atom stereocenters. The first kappa shape index (κ1) is 15.2. The van der Waals surface area contributed by atoms with Gasteiger partial charge in [0.05, 0.1) is 37.0 Å². The molecule has 120 valence electrons. The van der Waals surface area contributed by atoms with E-state index in [1.54, 1.807) is 12.5 Å². The third-order valence-corrected chi connectivity index (χ3v) is 3.79. The van der Waals surface area contributed by atoms with Gasteiger partial charge in [0.2, 0.25) is 0 Å². The number of hydrogen-bond donors (Lipinski definition) is 0. The summed E-state index contributed by atoms with van der Waals surface area (Å²) in [5.41, 5.74) is 2.08. The van der Waals surface area contributed by atoms with Gasteiger partial charge >= 0.3 is 0 Å². The van der Waals surface area contributed by atoms with Crippen molar-refractivity contribution in [1.82, 2.24) is 4.98 Å². The summed E-state index contributed by atoms with van der Waals surface area (Å²) in [6.07, 6.45) is 3.38. The van der Waals surface area contributed by atoms with Crippen molar-refractivity contribution in [2.75, 3.05) is 23.9 Å². The fourth-order valence-corrected chi connectivity index (χ4v) is 2.60. The van der Waals surface area contributed by atoms with Gasteiger partial charge in [-0.05, 0) is 43.3 Å². The van der Waals surface area contributed by atoms with E-state index in [1.807, 2.05) is 51.4 Å². The van der Waals surface area contributed by atoms with Crippen LogP contribution >= 0.6 is 0 Å². The van der Waals surface area contributed by atoms with E-state index in [-0.39, 0.29) is 0 Å². The van der Waals surface area contributed by atoms with E-state index in [1.165, 1.54) is 0 Å². The molecule has 0 aliphatic rings. The van der Waals surface area contributed by atoms with Crippen LogP contribution in [0.15, 0.2) is 57.8 Å². The van der Waals surface area contributed by atoms with Gasteiger partial charge in [-0.1, -0.05) is 0 Å². The highest BCUT2D eigenvalue weighted by Gasteiger charge is 2.11. The Morgan fingerprint density at radius 1 is 0.870 bits per heavy atom. The Bertz CT molecular complexity index is 736. The molecule has 0 saturated heterocycles. The number of rotatable bonds is 6. The summed E-state index contributed by atoms with van der Waals surface area (Å²) in [6.45, 7) is 3.44. The third kappa shape index (κ3) is 3.56. The van der Waals surface area contributed by atoms with Crippen LogP contribution in [0.25, 0.3) is 0 Å². The molecule has 5 nitrogen and oxygen atoms in total. The number of furan rings is 2. The zero-order valence-electron chi connectivity index (χ0n) is 13.7. The Balaban J connectivity index is 1.72. The second-order valence-electron chi connectivity index (χ2n) is 5.64. The van der Waals surface area contributed by atoms with Gasteiger partial charge in [0, 0.05) is 14.1 Å². The summed E-state index contributed by atoms with van der Waals surface area (Å²) in [5.74, 6) is 2.78. The van der Waals surface area contributed by atoms with E-state index >= 15 is 0 Å². The highest BCUT2D eigenvalue weighted by atomic mass is 16.3. The lowest BCUT2D eigenvalue weighted by molar-refractivity contribution is 0.506. The van der Waals surface area contributed by atoms with Crippen molar-refractivity contribution in [3.63, 3.8) is 0 Å². The summed E-state index contributed by atoms with van der Waals surface area (Å²) in [6, 6.07) is 11.9. The molecule has 0 radical (unpaired) electrons. The molecule has 0 fully saturated rings. The molecule has 0 atom stereocenters. The predicted octanol–water partition coefficient (Wildman–Crippen LogP) is 3.85. The van der Waals surface area contributed by atoms with Gasteiger partial charge in [0.15, 0.2) is 0 Å². The summed E-state index contributed by atoms with van der Waals surface area (Å²) in [7, 11) is 4.05. The first-order valence-electron chi connectivity index (χ1n) is 7.58. The van der Waals surface area contributed by atoms with Crippen LogP contribution in [-0.4, -0.2) is 19.1 Å². The first-order chi connectivity index (χ1) is 11.1. The Labute approximate surface area is 136 Å². The molecule has 3 aromatic rings. The van der Waals surface area contributed by atoms with E-state index in [4.69, 9.17) is 13.8 Å². The van der Waals surface area contributed by atoms with Crippen molar-refractivity contribution < 1.29 is 8.83 Å². The van der Waals surface area contributed by atoms with Crippen LogP contribution in [0.3, 0.4) is 0 Å². The van der Waals surface area contributed by atoms with Gasteiger partial charge in [-0.2, -0.15) is 0 Å². The summed E-state index contributed by atoms with van der Waals surface area (Å²) >= 11 is 0. The van der Waals surface area contributed by atoms with Crippen molar-refractivity contribution in [3.05, 3.63) is 66.1 Å². The van der Waals surface area contributed by atoms with Crippen LogP contribution in [-0.2, 0) is 13.1 Å². The van der Waals surface area contributed by atoms with Gasteiger partial charge in [0.25, 0.3) is 0 Å². The minimum absolute atomic E-state index is 0.695. The molecule has 0 N–H and O–H groups in total. The fourth-order valence-electron chi connectivity index (χ4n) is 2.60. The van der Waals surface area contributed by atoms with Gasteiger partial charge in [-0.3, -0.25) is 0 Å². The smallest absolute Gasteiger partial charge is 0.129 e. The molecule has 3 aromatic heterocycles. The van der Waals surface area contributed by atoms with Crippen molar-refractivity contribution in [3.8, 4) is 0 Å². The SMILES string of the molecule is Cc1nc(N(C)Cc2ccco2)ccc1N(C)Cc1ccco1. The van der Waals surface area contributed by atoms with Crippen LogP contribution < -0.4 is 9.80 Å². The van der Waals surface area contributed by atoms with Gasteiger partial charge in [0.1, 0.15) is 17.3 Å². The van der Waals surface area contributed by atoms with Crippen LogP contribution in [0, 0.1) is 6.92 Å². The molecule has 0 amide bonds. The van der Waals surface area contributed by atoms with Crippen LogP contribution in [0.1, 0.15) is 17.2 Å². The molecule has 23 heavy (non-hydrogen) atoms. The zero-order chi connectivity index (χ0) is 16.2. The lowest BCUT2D eigenvalue weighted by atomic mass is 10.2. The van der Waals surface area contributed by atoms with Crippen LogP contribution in [0.5, 0.6) is 0 Å². The van der Waals surface area contributed by atoms with E-state index in [0.717, 1.165) is 35.3 Å². The first-order valence-corrected chi connectivity index (χ1v) is 7.58. The second-order valence-corrected chi connectivity index (χ2v) is 5.64. The largest absolute Gasteiger partial charge is 0.467 e. The molecule has 5 heteroatoms. The highest BCUT2D eigenvalue weighted by molar-refractivity contribution is 5.55. The predicted molar refractivity (Wildman–Crippen MR) is 90.6 cm³/mol. The molecule has 0 aliphatic carbocycles. The summed E-state index contributed by atoms with van der Waals surface area (Å²) in [5, 5.41) is 0. The normalized spacial score (nSPS) is 10.7. The number of aromatic nitrogens is 1. The van der Waals surface area contributed by atoms with E-state index in [9.17, 15) is 0 Å². The van der Waals surface area contributed by atoms with Crippen molar-refractivity contribution in [2.45, 2.75) is 20.0 Å². The average Bonchev–Trinajstić information content (AvgIpc) is 3.20. The number of nitrogens with zero attached hydrogens (tertiary/aromatic N) is 3. The lowest BCUT2D eigenvalue weighted by Gasteiger charge is -2.22. The maximum atomic E-state index is 5.41. The number of pyridine rings is 1. The molecule has 0 aliphatic heterocycles. The summed E-state index contributed by atoms with van der Waals surface area (Å²) in [4.78, 5) is 8.92. The topological polar surface area (TPSA) is 45.7 Å². The minimum atomic E-state index is 0.695. The van der Waals surface area contributed by atoms with Gasteiger partial charge < -0.3 is 18.6 Å². The monoisotopic (exact) mass is 311 g/mol. The molecular formula is C18H21N3O2. The number of hydrogen-bond acceptors (Lipinski definition) is 5. The zero-order valence-corrected chi connectivity index (χ0v) is 13.7. The standard InChI is InChI=1S/C18H21N3O2/c1-14-17(20(2)12-15-6-4-10-22-15)8-9-18(19-14)21(3)13-16-7-5-11-23-16/h4-11H,12-13H2,1-3H3. The highest BCUT2D eigenvalue weighted by Crippen LogP contribution is 2.23. The van der Waals surface area contributed by atoms with E-state index < -0.39 is 0 Å². The third-order valence-electron chi connectivity index (χ3n) is 3.79. The van der Waals surface area contributed by atoms with Gasteiger partial charge in [-0.15, -0.1) is 0 Å². The molecular weight excluding hydrogens is 290 g/mol. The Morgan fingerprint density at radius 3 is 2.00 bits per heavy atom. The Kier molecular flexibility index (Phi) is 4.37. The lowest BCUT2D eigenvalue weighted by Crippen LogP contribution is -2.20. The molecule has 3 heterocycles. The number of aryl methyl sites for hydroxylation is 1. The molecule has 0 saturated carbocycles. The molecule has 0 spiro atoms. The Morgan fingerprint density at radius 2 is 1.48 bits per heavy atom. The maximum absolute atomic E-state index is 5.41. The average molecular weight is 311 g/mol. The molecule has 0 bridgehead atoms. The van der Waals surface area contributed by atoms with Crippen molar-refractivity contribution in [2.24, 2.45) is 0 Å². The summed E-state index contributed by atoms with van der Waals surface area (Å²) < 4.78 is 10.8. The Hall–Kier alpha value is -2.69. The maximum Gasteiger partial charge on any atom is 0.129 e. The fraction of sp³-hybridized carbons (Fsp3) is 0.278. The quantitative estimate of drug-likeness (QED) is 0.692. The van der Waals surface area contributed by atoms with E-state index in [0.29, 0.717) is 6.54 Å². The van der Waals surface area contributed by atoms with Gasteiger partial charge in [-0.25, -0.2) is 4.98 Å². The molecule has 3 rings (SSSR count). The van der Waals surface area contributed by atoms with Crippen molar-refractivity contribution >= 4 is 11.5 Å². The second kappa shape index (κ2) is 6.60. The minimum Gasteiger partial charge on any atom is -0.467 e. The molecule has 0 aromatic carbocycles. The number of anilines is 2. The van der Waals surface area contributed by atoms with E-state index in [2.05, 4.69) is 15.9 Å². The van der Waals surface area contributed by atoms with Crippen molar-refractivity contribution in [1.29, 1.82) is 0 Å². The van der Waals surface area contributed by atoms with Crippen LogP contribution in [0.2, 0.25) is 0 Å².